The van der Waals surface area contributed by atoms with E-state index in [1.54, 1.807) is 11.8 Å². The van der Waals surface area contributed by atoms with E-state index in [1.165, 1.54) is 0 Å². The largest absolute Gasteiger partial charge is 0.229 e. The van der Waals surface area contributed by atoms with Crippen LogP contribution in [0.15, 0.2) is 0 Å². The molecule has 0 aromatic rings. The van der Waals surface area contributed by atoms with Crippen LogP contribution in [0.2, 0.25) is 0 Å². The fourth-order valence-corrected chi connectivity index (χ4v) is 8.32. The lowest BCUT2D eigenvalue weighted by atomic mass is 10.4. The Hall–Kier alpha value is 0.250. The highest BCUT2D eigenvalue weighted by Crippen LogP contribution is 2.32. The van der Waals surface area contributed by atoms with Crippen LogP contribution in [0.4, 0.5) is 0 Å². The van der Waals surface area contributed by atoms with Gasteiger partial charge in [0, 0.05) is 10.5 Å². The lowest BCUT2D eigenvalue weighted by Gasteiger charge is -2.12. The fraction of sp³-hybridized carbons (Fsp3) is 1.00. The Balaban J connectivity index is 1.90. The van der Waals surface area contributed by atoms with Gasteiger partial charge in [0.1, 0.15) is 0 Å². The lowest BCUT2D eigenvalue weighted by molar-refractivity contribution is 0.600. The third-order valence-corrected chi connectivity index (χ3v) is 8.30. The molecule has 2 fully saturated rings. The average Bonchev–Trinajstić information content (AvgIpc) is 2.56. The quantitative estimate of drug-likeness (QED) is 0.711. The predicted octanol–water partition coefficient (Wildman–Crippen LogP) is 0.0938. The van der Waals surface area contributed by atoms with Crippen molar-refractivity contribution in [1.29, 1.82) is 0 Å². The van der Waals surface area contributed by atoms with Gasteiger partial charge in [-0.1, -0.05) is 0 Å². The van der Waals surface area contributed by atoms with E-state index in [2.05, 4.69) is 0 Å². The van der Waals surface area contributed by atoms with Gasteiger partial charge in [-0.05, 0) is 12.8 Å². The highest BCUT2D eigenvalue weighted by atomic mass is 32.2. The first-order valence-corrected chi connectivity index (χ1v) is 9.51. The van der Waals surface area contributed by atoms with Crippen LogP contribution in [0, 0.1) is 0 Å². The predicted molar refractivity (Wildman–Crippen MR) is 61.7 cm³/mol. The standard InChI is InChI=1S/C8H14O4S3/c9-14(10)3-1-7(5-14)13-8-2-4-15(11,12)6-8/h7-8H,1-6H2. The summed E-state index contributed by atoms with van der Waals surface area (Å²) in [6.45, 7) is 0. The summed E-state index contributed by atoms with van der Waals surface area (Å²) < 4.78 is 44.8. The molecular weight excluding hydrogens is 256 g/mol. The third-order valence-electron chi connectivity index (χ3n) is 2.77. The summed E-state index contributed by atoms with van der Waals surface area (Å²) >= 11 is 1.56. The molecule has 0 aromatic carbocycles. The minimum Gasteiger partial charge on any atom is -0.229 e. The molecular formula is C8H14O4S3. The SMILES string of the molecule is O=S1(=O)CCC(SC2CCS(=O)(=O)C2)C1. The molecule has 4 nitrogen and oxygen atoms in total. The second-order valence-corrected chi connectivity index (χ2v) is 10.2. The topological polar surface area (TPSA) is 68.3 Å². The zero-order chi connectivity index (χ0) is 11.1. The fourth-order valence-electron chi connectivity index (χ4n) is 2.01. The first-order valence-electron chi connectivity index (χ1n) is 4.93. The van der Waals surface area contributed by atoms with Crippen molar-refractivity contribution in [3.8, 4) is 0 Å². The van der Waals surface area contributed by atoms with Gasteiger partial charge >= 0.3 is 0 Å². The average molecular weight is 270 g/mol. The van der Waals surface area contributed by atoms with Crippen LogP contribution in [-0.2, 0) is 19.7 Å². The van der Waals surface area contributed by atoms with Gasteiger partial charge in [-0.25, -0.2) is 16.8 Å². The molecule has 88 valence electrons. The van der Waals surface area contributed by atoms with Gasteiger partial charge in [-0.3, -0.25) is 0 Å². The van der Waals surface area contributed by atoms with E-state index < -0.39 is 19.7 Å². The molecule has 7 heteroatoms. The summed E-state index contributed by atoms with van der Waals surface area (Å²) in [5.41, 5.74) is 0. The molecule has 2 saturated heterocycles. The van der Waals surface area contributed by atoms with Gasteiger partial charge in [0.2, 0.25) is 0 Å². The molecule has 0 N–H and O–H groups in total. The van der Waals surface area contributed by atoms with Crippen LogP contribution < -0.4 is 0 Å². The van der Waals surface area contributed by atoms with Crippen LogP contribution in [0.3, 0.4) is 0 Å². The normalized spacial score (nSPS) is 38.1. The molecule has 2 unspecified atom stereocenters. The van der Waals surface area contributed by atoms with Crippen molar-refractivity contribution in [3.05, 3.63) is 0 Å². The van der Waals surface area contributed by atoms with E-state index in [9.17, 15) is 16.8 Å². The summed E-state index contributed by atoms with van der Waals surface area (Å²) in [5.74, 6) is 0.997. The minimum atomic E-state index is -2.84. The minimum absolute atomic E-state index is 0.119. The summed E-state index contributed by atoms with van der Waals surface area (Å²) in [7, 11) is -5.67. The van der Waals surface area contributed by atoms with Gasteiger partial charge in [0.25, 0.3) is 0 Å². The van der Waals surface area contributed by atoms with Gasteiger partial charge in [0.15, 0.2) is 19.7 Å². The number of thioether (sulfide) groups is 1. The van der Waals surface area contributed by atoms with Crippen molar-refractivity contribution in [2.45, 2.75) is 23.3 Å². The highest BCUT2D eigenvalue weighted by Gasteiger charge is 2.34. The van der Waals surface area contributed by atoms with Gasteiger partial charge in [-0.15, -0.1) is 0 Å². The highest BCUT2D eigenvalue weighted by molar-refractivity contribution is 8.03. The van der Waals surface area contributed by atoms with Crippen molar-refractivity contribution >= 4 is 31.4 Å². The Bertz CT molecular complexity index is 395. The van der Waals surface area contributed by atoms with Gasteiger partial charge < -0.3 is 0 Å². The Morgan fingerprint density at radius 3 is 1.47 bits per heavy atom. The number of hydrogen-bond donors (Lipinski definition) is 0. The maximum Gasteiger partial charge on any atom is 0.151 e. The van der Waals surface area contributed by atoms with Crippen LogP contribution in [-0.4, -0.2) is 50.3 Å². The van der Waals surface area contributed by atoms with Crippen molar-refractivity contribution in [2.24, 2.45) is 0 Å². The Labute approximate surface area is 94.7 Å². The van der Waals surface area contributed by atoms with Crippen LogP contribution in [0.25, 0.3) is 0 Å². The molecule has 0 saturated carbocycles. The molecule has 2 rings (SSSR count). The molecule has 0 bridgehead atoms. The first-order chi connectivity index (χ1) is 6.86. The van der Waals surface area contributed by atoms with Crippen molar-refractivity contribution < 1.29 is 16.8 Å². The summed E-state index contributed by atoms with van der Waals surface area (Å²) in [6.07, 6.45) is 1.37. The Morgan fingerprint density at radius 2 is 1.20 bits per heavy atom. The van der Waals surface area contributed by atoms with Crippen molar-refractivity contribution in [2.75, 3.05) is 23.0 Å². The monoisotopic (exact) mass is 270 g/mol. The Morgan fingerprint density at radius 1 is 0.800 bits per heavy atom. The molecule has 0 spiro atoms. The van der Waals surface area contributed by atoms with Crippen LogP contribution in [0.5, 0.6) is 0 Å². The van der Waals surface area contributed by atoms with E-state index in [-0.39, 0.29) is 33.5 Å². The van der Waals surface area contributed by atoms with Gasteiger partial charge in [-0.2, -0.15) is 11.8 Å². The zero-order valence-corrected chi connectivity index (χ0v) is 10.7. The maximum absolute atomic E-state index is 11.2. The molecule has 2 heterocycles. The van der Waals surface area contributed by atoms with Gasteiger partial charge in [0.05, 0.1) is 23.0 Å². The van der Waals surface area contributed by atoms with E-state index in [1.807, 2.05) is 0 Å². The van der Waals surface area contributed by atoms with Crippen molar-refractivity contribution in [3.63, 3.8) is 0 Å². The molecule has 2 aliphatic heterocycles. The zero-order valence-electron chi connectivity index (χ0n) is 8.26. The second kappa shape index (κ2) is 3.92. The smallest absolute Gasteiger partial charge is 0.151 e. The Kier molecular flexibility index (Phi) is 3.07. The number of hydrogen-bond acceptors (Lipinski definition) is 5. The number of rotatable bonds is 2. The molecule has 0 radical (unpaired) electrons. The van der Waals surface area contributed by atoms with Crippen LogP contribution >= 0.6 is 11.8 Å². The van der Waals surface area contributed by atoms with E-state index >= 15 is 0 Å². The number of sulfone groups is 2. The molecule has 2 aliphatic rings. The molecule has 0 aromatic heterocycles. The summed E-state index contributed by atoms with van der Waals surface area (Å²) in [4.78, 5) is 0. The molecule has 0 amide bonds. The third kappa shape index (κ3) is 3.10. The lowest BCUT2D eigenvalue weighted by Crippen LogP contribution is -2.13. The van der Waals surface area contributed by atoms with E-state index in [4.69, 9.17) is 0 Å². The molecule has 0 aliphatic carbocycles. The maximum atomic E-state index is 11.2. The summed E-state index contributed by atoms with van der Waals surface area (Å²) in [6, 6.07) is 0. The summed E-state index contributed by atoms with van der Waals surface area (Å²) in [5, 5.41) is 0.238. The molecule has 2 atom stereocenters. The molecule has 15 heavy (non-hydrogen) atoms. The van der Waals surface area contributed by atoms with Crippen LogP contribution in [0.1, 0.15) is 12.8 Å². The van der Waals surface area contributed by atoms with E-state index in [0.717, 1.165) is 0 Å². The van der Waals surface area contributed by atoms with Crippen molar-refractivity contribution in [1.82, 2.24) is 0 Å². The second-order valence-electron chi connectivity index (χ2n) is 4.19. The first kappa shape index (κ1) is 11.7. The van der Waals surface area contributed by atoms with E-state index in [0.29, 0.717) is 12.8 Å².